The fraction of sp³-hybridized carbons (Fsp3) is 0.400. The summed E-state index contributed by atoms with van der Waals surface area (Å²) in [6, 6.07) is 15.4. The van der Waals surface area contributed by atoms with E-state index in [-0.39, 0.29) is 60.4 Å². The van der Waals surface area contributed by atoms with Crippen molar-refractivity contribution >= 4 is 35.8 Å². The van der Waals surface area contributed by atoms with E-state index in [1.807, 2.05) is 27.7 Å². The van der Waals surface area contributed by atoms with Crippen LogP contribution in [0.2, 0.25) is 0 Å². The number of carbonyl (C=O) groups excluding carboxylic acids is 4. The summed E-state index contributed by atoms with van der Waals surface area (Å²) < 4.78 is 32.2. The molecule has 4 aliphatic heterocycles. The molecule has 4 bridgehead atoms. The first-order valence-corrected chi connectivity index (χ1v) is 22.5. The Morgan fingerprint density at radius 2 is 1.00 bits per heavy atom. The highest BCUT2D eigenvalue weighted by molar-refractivity contribution is 5.97. The van der Waals surface area contributed by atoms with Crippen molar-refractivity contribution in [1.29, 1.82) is 0 Å². The van der Waals surface area contributed by atoms with Crippen LogP contribution < -0.4 is 21.8 Å². The van der Waals surface area contributed by atoms with Gasteiger partial charge in [-0.25, -0.2) is 8.78 Å². The maximum absolute atomic E-state index is 14.5. The normalized spacial score (nSPS) is 23.6. The summed E-state index contributed by atoms with van der Waals surface area (Å²) in [6.07, 6.45) is 8.43. The Morgan fingerprint density at radius 3 is 1.33 bits per heavy atom. The number of fused-ring (bicyclic) bond motifs is 8. The molecule has 4 aromatic rings. The van der Waals surface area contributed by atoms with E-state index in [1.165, 1.54) is 46.2 Å². The molecule has 16 heteroatoms. The second kappa shape index (κ2) is 20.3. The molecule has 2 fully saturated rings. The average molecular weight is 907 g/mol. The van der Waals surface area contributed by atoms with E-state index in [4.69, 9.17) is 0 Å². The molecular weight excluding hydrogens is 851 g/mol. The molecule has 4 amide bonds. The molecule has 2 saturated heterocycles. The standard InChI is InChI=1S/2C25H28FN3O4/c2*1-3-7-15-10-11-19-22-21(23(31)27-12-4-2)17(14-30)20(13-28(19)24(15)32)29(22)25(33)16-8-5-6-9-18(16)26/h2*3,5-11,17,20-22,30H,4,12-14H2,1-2H3,(H,27,31)/b7-3+;7-3-/t2*17-,20-,21+,22+/m11/s1. The number of allylic oxidation sites excluding steroid dienone is 2. The van der Waals surface area contributed by atoms with Gasteiger partial charge in [0.2, 0.25) is 11.8 Å². The zero-order valence-electron chi connectivity index (χ0n) is 37.4. The molecule has 8 atom stereocenters. The van der Waals surface area contributed by atoms with Gasteiger partial charge in [-0.15, -0.1) is 0 Å². The van der Waals surface area contributed by atoms with Gasteiger partial charge < -0.3 is 39.8 Å². The molecule has 0 radical (unpaired) electrons. The van der Waals surface area contributed by atoms with Crippen LogP contribution in [0.3, 0.4) is 0 Å². The average Bonchev–Trinajstić information content (AvgIpc) is 3.71. The predicted octanol–water partition coefficient (Wildman–Crippen LogP) is 4.70. The lowest BCUT2D eigenvalue weighted by atomic mass is 9.86. The lowest BCUT2D eigenvalue weighted by Crippen LogP contribution is -2.49. The Labute approximate surface area is 381 Å². The van der Waals surface area contributed by atoms with Crippen LogP contribution in [0.4, 0.5) is 8.78 Å². The second-order valence-electron chi connectivity index (χ2n) is 17.0. The van der Waals surface area contributed by atoms with E-state index in [9.17, 15) is 47.8 Å². The number of hydrogen-bond donors (Lipinski definition) is 4. The van der Waals surface area contributed by atoms with Crippen molar-refractivity contribution < 1.29 is 38.2 Å². The molecule has 14 nitrogen and oxygen atoms in total. The molecule has 2 aromatic heterocycles. The Kier molecular flexibility index (Phi) is 14.6. The number of halogens is 2. The Hall–Kier alpha value is -6.52. The van der Waals surface area contributed by atoms with Crippen LogP contribution >= 0.6 is 0 Å². The predicted molar refractivity (Wildman–Crippen MR) is 244 cm³/mol. The summed E-state index contributed by atoms with van der Waals surface area (Å²) >= 11 is 0. The highest BCUT2D eigenvalue weighted by Crippen LogP contribution is 2.50. The van der Waals surface area contributed by atoms with E-state index in [0.717, 1.165) is 12.8 Å². The molecule has 0 spiro atoms. The lowest BCUT2D eigenvalue weighted by molar-refractivity contribution is -0.128. The van der Waals surface area contributed by atoms with Crippen LogP contribution in [0.5, 0.6) is 0 Å². The highest BCUT2D eigenvalue weighted by Gasteiger charge is 2.59. The molecule has 4 N–H and O–H groups in total. The largest absolute Gasteiger partial charge is 0.396 e. The number of aromatic nitrogens is 2. The van der Waals surface area contributed by atoms with Crippen molar-refractivity contribution in [2.45, 2.75) is 77.8 Å². The van der Waals surface area contributed by atoms with E-state index in [0.29, 0.717) is 35.6 Å². The van der Waals surface area contributed by atoms with Crippen molar-refractivity contribution in [1.82, 2.24) is 29.6 Å². The third kappa shape index (κ3) is 8.43. The number of benzene rings is 2. The summed E-state index contributed by atoms with van der Waals surface area (Å²) in [5, 5.41) is 26.3. The molecule has 0 unspecified atom stereocenters. The summed E-state index contributed by atoms with van der Waals surface area (Å²) in [5.74, 6) is -5.68. The summed E-state index contributed by atoms with van der Waals surface area (Å²) in [6.45, 7) is 7.99. The van der Waals surface area contributed by atoms with E-state index >= 15 is 0 Å². The van der Waals surface area contributed by atoms with E-state index in [1.54, 1.807) is 69.8 Å². The summed E-state index contributed by atoms with van der Waals surface area (Å²) in [7, 11) is 0. The maximum Gasteiger partial charge on any atom is 0.258 e. The van der Waals surface area contributed by atoms with Gasteiger partial charge in [0.05, 0.1) is 47.1 Å². The Morgan fingerprint density at radius 1 is 0.621 bits per heavy atom. The number of pyridine rings is 2. The van der Waals surface area contributed by atoms with Crippen molar-refractivity contribution in [2.24, 2.45) is 23.7 Å². The van der Waals surface area contributed by atoms with Gasteiger partial charge in [-0.05, 0) is 75.2 Å². The summed E-state index contributed by atoms with van der Waals surface area (Å²) in [5.41, 5.74) is 1.41. The first kappa shape index (κ1) is 47.4. The molecule has 6 heterocycles. The van der Waals surface area contributed by atoms with Crippen LogP contribution in [0, 0.1) is 35.3 Å². The van der Waals surface area contributed by atoms with Crippen molar-refractivity contribution in [3.8, 4) is 0 Å². The second-order valence-corrected chi connectivity index (χ2v) is 17.0. The number of aliphatic hydroxyl groups is 2. The fourth-order valence-electron chi connectivity index (χ4n) is 10.3. The van der Waals surface area contributed by atoms with Crippen molar-refractivity contribution in [3.05, 3.63) is 151 Å². The summed E-state index contributed by atoms with van der Waals surface area (Å²) in [4.78, 5) is 82.9. The maximum atomic E-state index is 14.5. The van der Waals surface area contributed by atoms with Crippen LogP contribution in [0.1, 0.15) is 95.9 Å². The van der Waals surface area contributed by atoms with E-state index in [2.05, 4.69) is 10.6 Å². The molecule has 4 aliphatic rings. The van der Waals surface area contributed by atoms with E-state index < -0.39 is 71.3 Å². The molecule has 348 valence electrons. The minimum atomic E-state index is -0.794. The van der Waals surface area contributed by atoms with Gasteiger partial charge in [0.1, 0.15) is 11.6 Å². The van der Waals surface area contributed by atoms with Crippen LogP contribution in [-0.4, -0.2) is 91.2 Å². The van der Waals surface area contributed by atoms with Gasteiger partial charge in [-0.1, -0.05) is 62.4 Å². The minimum absolute atomic E-state index is 0.0971. The van der Waals surface area contributed by atoms with Gasteiger partial charge in [-0.2, -0.15) is 0 Å². The fourth-order valence-corrected chi connectivity index (χ4v) is 10.3. The van der Waals surface area contributed by atoms with Crippen LogP contribution in [0.15, 0.2) is 94.5 Å². The van der Waals surface area contributed by atoms with Gasteiger partial charge in [-0.3, -0.25) is 28.8 Å². The number of nitrogens with zero attached hydrogens (tertiary/aromatic N) is 4. The number of rotatable bonds is 12. The zero-order chi connectivity index (χ0) is 47.4. The third-order valence-electron chi connectivity index (χ3n) is 13.2. The van der Waals surface area contributed by atoms with Gasteiger partial charge in [0.25, 0.3) is 22.9 Å². The Bertz CT molecular complexity index is 2500. The molecular formula is C50H56F2N6O8. The molecule has 2 aromatic carbocycles. The van der Waals surface area contributed by atoms with Crippen LogP contribution in [-0.2, 0) is 22.7 Å². The topological polar surface area (TPSA) is 183 Å². The molecule has 66 heavy (non-hydrogen) atoms. The highest BCUT2D eigenvalue weighted by atomic mass is 19.1. The smallest absolute Gasteiger partial charge is 0.258 e. The van der Waals surface area contributed by atoms with Gasteiger partial charge in [0.15, 0.2) is 0 Å². The SMILES string of the molecule is C/C=C/c1ccc2n(c1=O)C[C@@H]1[C@@H](CO)[C@H](C(=O)NCCC)[C@H]2N1C(=O)c1ccccc1F.C/C=C\c1ccc2n(c1=O)C[C@@H]1[C@@H](CO)[C@H](C(=O)NCCC)[C@H]2N1C(=O)c1ccccc1F. The number of carbonyl (C=O) groups is 4. The van der Waals surface area contributed by atoms with Gasteiger partial charge in [0, 0.05) is 73.7 Å². The number of nitrogens with one attached hydrogen (secondary N) is 2. The molecule has 0 aliphatic carbocycles. The number of amides is 4. The van der Waals surface area contributed by atoms with Gasteiger partial charge >= 0.3 is 0 Å². The number of aliphatic hydroxyl groups excluding tert-OH is 2. The Balaban J connectivity index is 0.000000196. The molecule has 8 rings (SSSR count). The first-order valence-electron chi connectivity index (χ1n) is 22.5. The zero-order valence-corrected chi connectivity index (χ0v) is 37.4. The third-order valence-corrected chi connectivity index (χ3v) is 13.2. The molecule has 0 saturated carbocycles. The van der Waals surface area contributed by atoms with Crippen LogP contribution in [0.25, 0.3) is 12.2 Å². The van der Waals surface area contributed by atoms with Crippen molar-refractivity contribution in [2.75, 3.05) is 26.3 Å². The number of hydrogen-bond acceptors (Lipinski definition) is 8. The van der Waals surface area contributed by atoms with Crippen molar-refractivity contribution in [3.63, 3.8) is 0 Å². The first-order chi connectivity index (χ1) is 31.9. The lowest BCUT2D eigenvalue weighted by Gasteiger charge is -2.38. The minimum Gasteiger partial charge on any atom is -0.396 e. The quantitative estimate of drug-likeness (QED) is 0.158. The monoisotopic (exact) mass is 906 g/mol.